The fourth-order valence-corrected chi connectivity index (χ4v) is 2.69. The van der Waals surface area contributed by atoms with Crippen LogP contribution >= 0.6 is 0 Å². The third-order valence-corrected chi connectivity index (χ3v) is 3.80. The van der Waals surface area contributed by atoms with Gasteiger partial charge in [0.2, 0.25) is 0 Å². The smallest absolute Gasteiger partial charge is 0.0373 e. The Kier molecular flexibility index (Phi) is 1.99. The maximum Gasteiger partial charge on any atom is 0.0373 e. The van der Waals surface area contributed by atoms with Gasteiger partial charge >= 0.3 is 0 Å². The van der Waals surface area contributed by atoms with Gasteiger partial charge in [0, 0.05) is 24.2 Å². The molecule has 1 fully saturated rings. The van der Waals surface area contributed by atoms with Crippen LogP contribution in [-0.2, 0) is 11.8 Å². The van der Waals surface area contributed by atoms with Crippen LogP contribution in [0.15, 0.2) is 18.2 Å². The highest BCUT2D eigenvalue weighted by Crippen LogP contribution is 2.48. The minimum absolute atomic E-state index is 0.465. The molecule has 1 saturated carbocycles. The van der Waals surface area contributed by atoms with Crippen LogP contribution in [0.1, 0.15) is 24.0 Å². The average molecular weight is 202 g/mol. The van der Waals surface area contributed by atoms with Gasteiger partial charge < -0.3 is 10.6 Å². The predicted octanol–water partition coefficient (Wildman–Crippen LogP) is 1.91. The second-order valence-corrected chi connectivity index (χ2v) is 4.86. The summed E-state index contributed by atoms with van der Waals surface area (Å²) in [6.07, 6.45) is 3.89. The molecule has 15 heavy (non-hydrogen) atoms. The molecule has 0 bridgehead atoms. The molecule has 0 atom stereocenters. The first kappa shape index (κ1) is 9.22. The van der Waals surface area contributed by atoms with Crippen LogP contribution in [0.2, 0.25) is 0 Å². The second-order valence-electron chi connectivity index (χ2n) is 4.86. The Morgan fingerprint density at radius 1 is 1.40 bits per heavy atom. The summed E-state index contributed by atoms with van der Waals surface area (Å²) in [6.45, 7) is 2.23. The molecule has 1 aromatic carbocycles. The average Bonchev–Trinajstić information content (AvgIpc) is 2.89. The van der Waals surface area contributed by atoms with Crippen LogP contribution in [-0.4, -0.2) is 20.1 Å². The number of hydrogen-bond donors (Lipinski definition) is 2. The highest BCUT2D eigenvalue weighted by molar-refractivity contribution is 5.58. The van der Waals surface area contributed by atoms with Crippen molar-refractivity contribution in [2.24, 2.45) is 0 Å². The summed E-state index contributed by atoms with van der Waals surface area (Å²) in [5, 5.41) is 6.74. The van der Waals surface area contributed by atoms with Gasteiger partial charge in [-0.25, -0.2) is 0 Å². The van der Waals surface area contributed by atoms with E-state index in [4.69, 9.17) is 0 Å². The van der Waals surface area contributed by atoms with Gasteiger partial charge in [0.25, 0.3) is 0 Å². The lowest BCUT2D eigenvalue weighted by atomic mass is 9.93. The lowest BCUT2D eigenvalue weighted by Gasteiger charge is -2.16. The summed E-state index contributed by atoms with van der Waals surface area (Å²) >= 11 is 0. The number of fused-ring (bicyclic) bond motifs is 1. The van der Waals surface area contributed by atoms with E-state index in [0.717, 1.165) is 13.1 Å². The van der Waals surface area contributed by atoms with E-state index >= 15 is 0 Å². The van der Waals surface area contributed by atoms with E-state index in [1.807, 2.05) is 0 Å². The summed E-state index contributed by atoms with van der Waals surface area (Å²) in [7, 11) is 2.05. The molecule has 1 aliphatic carbocycles. The molecule has 0 amide bonds. The third-order valence-electron chi connectivity index (χ3n) is 3.80. The van der Waals surface area contributed by atoms with Crippen LogP contribution in [0, 0.1) is 0 Å². The zero-order chi connectivity index (χ0) is 10.3. The molecule has 0 saturated heterocycles. The van der Waals surface area contributed by atoms with E-state index in [-0.39, 0.29) is 0 Å². The van der Waals surface area contributed by atoms with Crippen molar-refractivity contribution in [1.82, 2.24) is 5.32 Å². The Hall–Kier alpha value is -1.02. The first-order valence-corrected chi connectivity index (χ1v) is 5.86. The zero-order valence-corrected chi connectivity index (χ0v) is 9.27. The Morgan fingerprint density at radius 3 is 3.00 bits per heavy atom. The van der Waals surface area contributed by atoms with E-state index in [1.165, 1.54) is 30.5 Å². The lowest BCUT2D eigenvalue weighted by molar-refractivity contribution is 0.624. The Morgan fingerprint density at radius 2 is 2.27 bits per heavy atom. The molecule has 1 aromatic rings. The number of benzene rings is 1. The zero-order valence-electron chi connectivity index (χ0n) is 9.27. The van der Waals surface area contributed by atoms with Gasteiger partial charge in [-0.2, -0.15) is 0 Å². The van der Waals surface area contributed by atoms with Crippen molar-refractivity contribution in [2.45, 2.75) is 24.7 Å². The fraction of sp³-hybridized carbons (Fsp3) is 0.538. The molecule has 0 unspecified atom stereocenters. The highest BCUT2D eigenvalue weighted by atomic mass is 14.9. The molecule has 3 rings (SSSR count). The van der Waals surface area contributed by atoms with Gasteiger partial charge in [-0.3, -0.25) is 0 Å². The first-order valence-electron chi connectivity index (χ1n) is 5.86. The monoisotopic (exact) mass is 202 g/mol. The standard InChI is InChI=1S/C13H18N2/c1-14-9-13(5-6-13)11-2-3-12-10(8-11)4-7-15-12/h2-3,8,14-15H,4-7,9H2,1H3. The molecule has 80 valence electrons. The van der Waals surface area contributed by atoms with Crippen LogP contribution in [0.25, 0.3) is 0 Å². The normalized spacial score (nSPS) is 20.9. The highest BCUT2D eigenvalue weighted by Gasteiger charge is 2.43. The molecule has 2 nitrogen and oxygen atoms in total. The minimum Gasteiger partial charge on any atom is -0.384 e. The summed E-state index contributed by atoms with van der Waals surface area (Å²) in [6, 6.07) is 6.98. The number of rotatable bonds is 3. The maximum absolute atomic E-state index is 3.42. The third kappa shape index (κ3) is 1.44. The van der Waals surface area contributed by atoms with Crippen LogP contribution in [0.5, 0.6) is 0 Å². The van der Waals surface area contributed by atoms with Gasteiger partial charge in [0.1, 0.15) is 0 Å². The Bertz CT molecular complexity index is 380. The SMILES string of the molecule is CNCC1(c2ccc3c(c2)CCN3)CC1. The van der Waals surface area contributed by atoms with E-state index in [1.54, 1.807) is 5.56 Å². The van der Waals surface area contributed by atoms with Crippen molar-refractivity contribution in [3.8, 4) is 0 Å². The molecule has 0 spiro atoms. The van der Waals surface area contributed by atoms with Gasteiger partial charge in [0.05, 0.1) is 0 Å². The van der Waals surface area contributed by atoms with Gasteiger partial charge in [-0.15, -0.1) is 0 Å². The number of nitrogens with one attached hydrogen (secondary N) is 2. The molecule has 1 heterocycles. The van der Waals surface area contributed by atoms with E-state index in [2.05, 4.69) is 35.9 Å². The van der Waals surface area contributed by atoms with Crippen LogP contribution in [0.3, 0.4) is 0 Å². The predicted molar refractivity (Wildman–Crippen MR) is 63.5 cm³/mol. The van der Waals surface area contributed by atoms with Crippen molar-refractivity contribution in [3.63, 3.8) is 0 Å². The molecule has 1 aliphatic heterocycles. The summed E-state index contributed by atoms with van der Waals surface area (Å²) in [4.78, 5) is 0. The fourth-order valence-electron chi connectivity index (χ4n) is 2.69. The van der Waals surface area contributed by atoms with Gasteiger partial charge in [-0.05, 0) is 43.5 Å². The Balaban J connectivity index is 1.93. The number of likely N-dealkylation sites (N-methyl/N-ethyl adjacent to an activating group) is 1. The summed E-state index contributed by atoms with van der Waals surface area (Å²) in [5.41, 5.74) is 4.86. The van der Waals surface area contributed by atoms with E-state index < -0.39 is 0 Å². The molecular formula is C13H18N2. The van der Waals surface area contributed by atoms with E-state index in [0.29, 0.717) is 5.41 Å². The minimum atomic E-state index is 0.465. The molecule has 2 heteroatoms. The van der Waals surface area contributed by atoms with E-state index in [9.17, 15) is 0 Å². The molecule has 0 radical (unpaired) electrons. The van der Waals surface area contributed by atoms with Crippen LogP contribution < -0.4 is 10.6 Å². The lowest BCUT2D eigenvalue weighted by Crippen LogP contribution is -2.23. The summed E-state index contributed by atoms with van der Waals surface area (Å²) < 4.78 is 0. The van der Waals surface area contributed by atoms with Gasteiger partial charge in [-0.1, -0.05) is 12.1 Å². The second kappa shape index (κ2) is 3.24. The molecule has 0 aromatic heterocycles. The largest absolute Gasteiger partial charge is 0.384 e. The van der Waals surface area contributed by atoms with Crippen molar-refractivity contribution in [1.29, 1.82) is 0 Å². The van der Waals surface area contributed by atoms with Crippen molar-refractivity contribution in [3.05, 3.63) is 29.3 Å². The van der Waals surface area contributed by atoms with Crippen LogP contribution in [0.4, 0.5) is 5.69 Å². The number of hydrogen-bond acceptors (Lipinski definition) is 2. The molecule has 2 N–H and O–H groups in total. The number of anilines is 1. The van der Waals surface area contributed by atoms with Crippen molar-refractivity contribution < 1.29 is 0 Å². The molecule has 2 aliphatic rings. The van der Waals surface area contributed by atoms with Gasteiger partial charge in [0.15, 0.2) is 0 Å². The Labute approximate surface area is 91.1 Å². The summed E-state index contributed by atoms with van der Waals surface area (Å²) in [5.74, 6) is 0. The van der Waals surface area contributed by atoms with Crippen molar-refractivity contribution >= 4 is 5.69 Å². The molecular weight excluding hydrogens is 184 g/mol. The quantitative estimate of drug-likeness (QED) is 0.782. The topological polar surface area (TPSA) is 24.1 Å². The van der Waals surface area contributed by atoms with Crippen molar-refractivity contribution in [2.75, 3.05) is 25.5 Å². The first-order chi connectivity index (χ1) is 7.34. The maximum atomic E-state index is 3.42.